The molecule has 0 heterocycles. The number of aliphatic carboxylic acids is 1. The maximum atomic E-state index is 11.5. The summed E-state index contributed by atoms with van der Waals surface area (Å²) in [5.41, 5.74) is -0.975. The average Bonchev–Trinajstić information content (AvgIpc) is 2.26. The van der Waals surface area contributed by atoms with E-state index in [0.717, 1.165) is 0 Å². The van der Waals surface area contributed by atoms with E-state index in [2.05, 4.69) is 5.32 Å². The third kappa shape index (κ3) is 3.89. The lowest BCUT2D eigenvalue weighted by atomic mass is 9.79. The van der Waals surface area contributed by atoms with Gasteiger partial charge >= 0.3 is 5.97 Å². The van der Waals surface area contributed by atoms with E-state index in [9.17, 15) is 9.59 Å². The highest BCUT2D eigenvalue weighted by atomic mass is 16.4. The Morgan fingerprint density at radius 2 is 1.94 bits per heavy atom. The Hall–Kier alpha value is -1.57. The van der Waals surface area contributed by atoms with Gasteiger partial charge in [0.15, 0.2) is 0 Å². The number of hydrogen-bond acceptors (Lipinski definition) is 3. The normalized spacial score (nSPS) is 10.6. The largest absolute Gasteiger partial charge is 0.481 e. The Morgan fingerprint density at radius 1 is 1.38 bits per heavy atom. The highest BCUT2D eigenvalue weighted by Crippen LogP contribution is 2.30. The van der Waals surface area contributed by atoms with Gasteiger partial charge in [-0.15, -0.1) is 0 Å². The maximum absolute atomic E-state index is 11.5. The van der Waals surface area contributed by atoms with Crippen molar-refractivity contribution in [2.75, 3.05) is 6.54 Å². The fourth-order valence-corrected chi connectivity index (χ4v) is 1.51. The molecule has 0 fully saturated rings. The van der Waals surface area contributed by atoms with Crippen molar-refractivity contribution in [1.82, 2.24) is 5.32 Å². The molecular weight excluding hydrogens is 208 g/mol. The predicted molar refractivity (Wildman–Crippen MR) is 58.5 cm³/mol. The van der Waals surface area contributed by atoms with E-state index in [1.807, 2.05) is 6.07 Å². The van der Waals surface area contributed by atoms with Crippen molar-refractivity contribution in [2.24, 2.45) is 5.41 Å². The minimum absolute atomic E-state index is 0.0270. The summed E-state index contributed by atoms with van der Waals surface area (Å²) < 4.78 is 0. The monoisotopic (exact) mass is 226 g/mol. The zero-order valence-electron chi connectivity index (χ0n) is 9.75. The molecule has 0 aliphatic heterocycles. The van der Waals surface area contributed by atoms with Gasteiger partial charge in [0.25, 0.3) is 0 Å². The molecule has 0 aromatic rings. The van der Waals surface area contributed by atoms with Gasteiger partial charge in [0.1, 0.15) is 0 Å². The highest BCUT2D eigenvalue weighted by molar-refractivity contribution is 5.84. The molecule has 5 nitrogen and oxygen atoms in total. The molecule has 0 aliphatic carbocycles. The van der Waals surface area contributed by atoms with E-state index in [0.29, 0.717) is 12.8 Å². The molecule has 0 bridgehead atoms. The zero-order valence-corrected chi connectivity index (χ0v) is 9.75. The number of carbonyl (C=O) groups excluding carboxylic acids is 1. The number of nitrogens with one attached hydrogen (secondary N) is 1. The van der Waals surface area contributed by atoms with E-state index in [1.165, 1.54) is 0 Å². The van der Waals surface area contributed by atoms with Crippen LogP contribution in [0, 0.1) is 16.7 Å². The first kappa shape index (κ1) is 14.4. The van der Waals surface area contributed by atoms with Crippen LogP contribution in [0.4, 0.5) is 0 Å². The smallest absolute Gasteiger partial charge is 0.310 e. The summed E-state index contributed by atoms with van der Waals surface area (Å²) in [5, 5.41) is 19.9. The standard InChI is InChI=1S/C11H18N2O3/c1-3-11(4-2,10(15)16)8-9(14)13-7-5-6-12/h3-5,7-8H2,1-2H3,(H,13,14)(H,15,16). The summed E-state index contributed by atoms with van der Waals surface area (Å²) in [6.45, 7) is 3.80. The van der Waals surface area contributed by atoms with E-state index < -0.39 is 11.4 Å². The molecule has 90 valence electrons. The lowest BCUT2D eigenvalue weighted by Gasteiger charge is -2.25. The van der Waals surface area contributed by atoms with Crippen LogP contribution in [0.5, 0.6) is 0 Å². The number of rotatable bonds is 7. The molecule has 1 amide bonds. The molecule has 0 spiro atoms. The van der Waals surface area contributed by atoms with E-state index in [1.54, 1.807) is 13.8 Å². The minimum Gasteiger partial charge on any atom is -0.481 e. The van der Waals surface area contributed by atoms with Crippen molar-refractivity contribution in [1.29, 1.82) is 5.26 Å². The number of carbonyl (C=O) groups is 2. The molecule has 0 saturated heterocycles. The van der Waals surface area contributed by atoms with Gasteiger partial charge in [0.05, 0.1) is 17.9 Å². The molecule has 0 rings (SSSR count). The number of nitrogens with zero attached hydrogens (tertiary/aromatic N) is 1. The molecule has 0 aromatic heterocycles. The fourth-order valence-electron chi connectivity index (χ4n) is 1.51. The van der Waals surface area contributed by atoms with Gasteiger partial charge in [0, 0.05) is 13.0 Å². The first-order valence-corrected chi connectivity index (χ1v) is 5.39. The molecule has 16 heavy (non-hydrogen) atoms. The highest BCUT2D eigenvalue weighted by Gasteiger charge is 2.36. The van der Waals surface area contributed by atoms with Crippen LogP contribution in [-0.4, -0.2) is 23.5 Å². The van der Waals surface area contributed by atoms with Gasteiger partial charge < -0.3 is 10.4 Å². The third-order valence-electron chi connectivity index (χ3n) is 2.87. The Balaban J connectivity index is 4.36. The van der Waals surface area contributed by atoms with Crippen LogP contribution in [0.15, 0.2) is 0 Å². The second kappa shape index (κ2) is 6.83. The lowest BCUT2D eigenvalue weighted by Crippen LogP contribution is -2.37. The van der Waals surface area contributed by atoms with Gasteiger partial charge in [-0.3, -0.25) is 9.59 Å². The molecule has 0 aromatic carbocycles. The van der Waals surface area contributed by atoms with Crippen molar-refractivity contribution >= 4 is 11.9 Å². The molecule has 0 atom stereocenters. The van der Waals surface area contributed by atoms with Crippen molar-refractivity contribution in [3.05, 3.63) is 0 Å². The van der Waals surface area contributed by atoms with Crippen molar-refractivity contribution in [2.45, 2.75) is 39.5 Å². The predicted octanol–water partition coefficient (Wildman–Crippen LogP) is 1.30. The summed E-state index contributed by atoms with van der Waals surface area (Å²) in [6, 6.07) is 1.91. The van der Waals surface area contributed by atoms with Crippen LogP contribution in [0.25, 0.3) is 0 Å². The van der Waals surface area contributed by atoms with Crippen LogP contribution >= 0.6 is 0 Å². The van der Waals surface area contributed by atoms with Crippen molar-refractivity contribution < 1.29 is 14.7 Å². The second-order valence-corrected chi connectivity index (χ2v) is 3.73. The fraction of sp³-hybridized carbons (Fsp3) is 0.727. The number of carboxylic acid groups (broad SMARTS) is 1. The van der Waals surface area contributed by atoms with Crippen LogP contribution in [-0.2, 0) is 9.59 Å². The second-order valence-electron chi connectivity index (χ2n) is 3.73. The SMILES string of the molecule is CCC(CC)(CC(=O)NCCC#N)C(=O)O. The van der Waals surface area contributed by atoms with Gasteiger partial charge in [-0.2, -0.15) is 5.26 Å². The molecule has 0 aliphatic rings. The molecule has 2 N–H and O–H groups in total. The number of amides is 1. The zero-order chi connectivity index (χ0) is 12.6. The Kier molecular flexibility index (Phi) is 6.16. The maximum Gasteiger partial charge on any atom is 0.310 e. The molecule has 5 heteroatoms. The Labute approximate surface area is 95.4 Å². The topological polar surface area (TPSA) is 90.2 Å². The van der Waals surface area contributed by atoms with E-state index >= 15 is 0 Å². The van der Waals surface area contributed by atoms with Crippen molar-refractivity contribution in [3.63, 3.8) is 0 Å². The first-order valence-electron chi connectivity index (χ1n) is 5.39. The Morgan fingerprint density at radius 3 is 2.31 bits per heavy atom. The molecule has 0 radical (unpaired) electrons. The van der Waals surface area contributed by atoms with Gasteiger partial charge in [0.2, 0.25) is 5.91 Å². The number of nitriles is 1. The van der Waals surface area contributed by atoms with E-state index in [4.69, 9.17) is 10.4 Å². The quantitative estimate of drug-likeness (QED) is 0.640. The summed E-state index contributed by atoms with van der Waals surface area (Å²) in [5.74, 6) is -1.24. The van der Waals surface area contributed by atoms with Crippen molar-refractivity contribution in [3.8, 4) is 6.07 Å². The third-order valence-corrected chi connectivity index (χ3v) is 2.87. The first-order chi connectivity index (χ1) is 7.52. The molecule has 0 unspecified atom stereocenters. The summed E-state index contributed by atoms with van der Waals surface area (Å²) in [4.78, 5) is 22.6. The van der Waals surface area contributed by atoms with Crippen LogP contribution in [0.2, 0.25) is 0 Å². The average molecular weight is 226 g/mol. The van der Waals surface area contributed by atoms with Gasteiger partial charge in [-0.05, 0) is 12.8 Å². The molecule has 0 saturated carbocycles. The molecular formula is C11H18N2O3. The van der Waals surface area contributed by atoms with Crippen LogP contribution in [0.3, 0.4) is 0 Å². The summed E-state index contributed by atoms with van der Waals surface area (Å²) in [7, 11) is 0. The summed E-state index contributed by atoms with van der Waals surface area (Å²) >= 11 is 0. The van der Waals surface area contributed by atoms with Gasteiger partial charge in [-0.1, -0.05) is 13.8 Å². The number of carboxylic acids is 1. The van der Waals surface area contributed by atoms with Crippen LogP contribution < -0.4 is 5.32 Å². The summed E-state index contributed by atoms with van der Waals surface area (Å²) in [6.07, 6.45) is 1.06. The lowest BCUT2D eigenvalue weighted by molar-refractivity contribution is -0.152. The van der Waals surface area contributed by atoms with E-state index in [-0.39, 0.29) is 25.3 Å². The number of hydrogen-bond donors (Lipinski definition) is 2. The minimum atomic E-state index is -0.975. The van der Waals surface area contributed by atoms with Crippen LogP contribution in [0.1, 0.15) is 39.5 Å². The Bertz CT molecular complexity index is 290. The van der Waals surface area contributed by atoms with Gasteiger partial charge in [-0.25, -0.2) is 0 Å².